The fourth-order valence-electron chi connectivity index (χ4n) is 2.69. The van der Waals surface area contributed by atoms with Gasteiger partial charge in [-0.25, -0.2) is 13.5 Å². The van der Waals surface area contributed by atoms with Crippen LogP contribution in [0.15, 0.2) is 30.5 Å². The second-order valence-corrected chi connectivity index (χ2v) is 5.07. The van der Waals surface area contributed by atoms with Crippen molar-refractivity contribution >= 4 is 5.82 Å². The molecule has 1 aliphatic heterocycles. The van der Waals surface area contributed by atoms with Crippen LogP contribution in [0.5, 0.6) is 5.75 Å². The summed E-state index contributed by atoms with van der Waals surface area (Å²) in [5.41, 5.74) is 1.10. The smallest absolute Gasteiger partial charge is 0.260 e. The van der Waals surface area contributed by atoms with E-state index in [4.69, 9.17) is 10.00 Å². The molecule has 2 heterocycles. The molecule has 1 aromatic carbocycles. The number of ether oxygens (including phenoxy) is 1. The largest absolute Gasteiger partial charge is 0.497 e. The fourth-order valence-corrected chi connectivity index (χ4v) is 2.69. The lowest BCUT2D eigenvalue weighted by Gasteiger charge is -2.32. The van der Waals surface area contributed by atoms with E-state index >= 15 is 0 Å². The number of rotatable bonds is 3. The van der Waals surface area contributed by atoms with Crippen molar-refractivity contribution < 1.29 is 13.5 Å². The van der Waals surface area contributed by atoms with Gasteiger partial charge >= 0.3 is 0 Å². The van der Waals surface area contributed by atoms with E-state index in [9.17, 15) is 8.78 Å². The summed E-state index contributed by atoms with van der Waals surface area (Å²) in [6.07, 6.45) is -1.06. The summed E-state index contributed by atoms with van der Waals surface area (Å²) in [7, 11) is 1.55. The molecule has 2 aromatic rings. The van der Waals surface area contributed by atoms with Gasteiger partial charge in [0.15, 0.2) is 0 Å². The average Bonchev–Trinajstić information content (AvgIpc) is 2.96. The number of aromatic nitrogens is 2. The van der Waals surface area contributed by atoms with Crippen LogP contribution in [0.4, 0.5) is 14.6 Å². The van der Waals surface area contributed by atoms with Crippen molar-refractivity contribution in [3.63, 3.8) is 0 Å². The first-order valence-electron chi connectivity index (χ1n) is 6.80. The van der Waals surface area contributed by atoms with Crippen LogP contribution in [-0.2, 0) is 0 Å². The predicted octanol–water partition coefficient (Wildman–Crippen LogP) is 3.13. The Labute approximate surface area is 126 Å². The van der Waals surface area contributed by atoms with Crippen LogP contribution in [0, 0.1) is 11.3 Å². The highest BCUT2D eigenvalue weighted by Gasteiger charge is 2.35. The number of benzene rings is 1. The highest BCUT2D eigenvalue weighted by molar-refractivity contribution is 5.54. The lowest BCUT2D eigenvalue weighted by atomic mass is 9.97. The minimum absolute atomic E-state index is 0.185. The predicted molar refractivity (Wildman–Crippen MR) is 76.0 cm³/mol. The van der Waals surface area contributed by atoms with Gasteiger partial charge in [-0.3, -0.25) is 0 Å². The van der Waals surface area contributed by atoms with E-state index < -0.39 is 12.5 Å². The zero-order chi connectivity index (χ0) is 15.7. The van der Waals surface area contributed by atoms with Crippen LogP contribution in [0.1, 0.15) is 29.6 Å². The molecule has 0 saturated heterocycles. The molecule has 0 spiro atoms. The highest BCUT2D eigenvalue weighted by Crippen LogP contribution is 2.39. The van der Waals surface area contributed by atoms with Crippen LogP contribution in [0.2, 0.25) is 0 Å². The second kappa shape index (κ2) is 5.64. The van der Waals surface area contributed by atoms with Gasteiger partial charge in [-0.1, -0.05) is 12.1 Å². The van der Waals surface area contributed by atoms with E-state index in [-0.39, 0.29) is 18.0 Å². The third kappa shape index (κ3) is 2.37. The first kappa shape index (κ1) is 14.3. The van der Waals surface area contributed by atoms with Gasteiger partial charge in [0.1, 0.15) is 29.2 Å². The molecule has 1 N–H and O–H groups in total. The van der Waals surface area contributed by atoms with E-state index in [1.807, 2.05) is 18.2 Å². The molecule has 7 heteroatoms. The number of nitrogens with one attached hydrogen (secondary N) is 1. The Morgan fingerprint density at radius 3 is 3.00 bits per heavy atom. The van der Waals surface area contributed by atoms with Crippen LogP contribution < -0.4 is 10.1 Å². The first-order chi connectivity index (χ1) is 10.6. The molecule has 22 heavy (non-hydrogen) atoms. The molecule has 1 aliphatic rings. The maximum absolute atomic E-state index is 13.4. The topological polar surface area (TPSA) is 62.9 Å². The number of alkyl halides is 2. The average molecular weight is 304 g/mol. The van der Waals surface area contributed by atoms with Gasteiger partial charge < -0.3 is 10.1 Å². The first-order valence-corrected chi connectivity index (χ1v) is 6.80. The Balaban J connectivity index is 2.00. The zero-order valence-corrected chi connectivity index (χ0v) is 11.8. The summed E-state index contributed by atoms with van der Waals surface area (Å²) in [6.45, 7) is 0. The third-order valence-electron chi connectivity index (χ3n) is 3.81. The van der Waals surface area contributed by atoms with Crippen molar-refractivity contribution in [3.8, 4) is 11.8 Å². The Morgan fingerprint density at radius 1 is 1.50 bits per heavy atom. The number of anilines is 1. The molecule has 0 fully saturated rings. The van der Waals surface area contributed by atoms with Crippen LogP contribution in [-0.4, -0.2) is 23.3 Å². The van der Waals surface area contributed by atoms with Crippen molar-refractivity contribution in [2.45, 2.75) is 24.9 Å². The number of hydrogen-bond donors (Lipinski definition) is 1. The van der Waals surface area contributed by atoms with Gasteiger partial charge in [-0.05, 0) is 24.1 Å². The monoisotopic (exact) mass is 304 g/mol. The number of nitriles is 1. The van der Waals surface area contributed by atoms with Crippen molar-refractivity contribution in [3.05, 3.63) is 41.6 Å². The van der Waals surface area contributed by atoms with Crippen molar-refractivity contribution in [2.75, 3.05) is 12.4 Å². The lowest BCUT2D eigenvalue weighted by Crippen LogP contribution is -2.31. The molecular formula is C15H14F2N4O. The number of halogens is 2. The van der Waals surface area contributed by atoms with Crippen molar-refractivity contribution in [2.24, 2.45) is 0 Å². The van der Waals surface area contributed by atoms with Gasteiger partial charge in [0, 0.05) is 0 Å². The summed E-state index contributed by atoms with van der Waals surface area (Å²) < 4.78 is 33.1. The summed E-state index contributed by atoms with van der Waals surface area (Å²) in [6, 6.07) is 7.84. The van der Waals surface area contributed by atoms with Gasteiger partial charge in [0.25, 0.3) is 6.43 Å². The standard InChI is InChI=1S/C15H14F2N4O/c1-22-11-4-2-3-9(5-11)12-6-13(14(16)17)21-15(20-12)10(7-18)8-19-21/h2-5,8,12-14,20H,6H2,1H3. The number of methoxy groups -OCH3 is 1. The molecule has 0 radical (unpaired) electrons. The molecule has 0 aliphatic carbocycles. The minimum atomic E-state index is -2.56. The molecule has 1 aromatic heterocycles. The van der Waals surface area contributed by atoms with E-state index in [0.29, 0.717) is 11.6 Å². The van der Waals surface area contributed by atoms with E-state index in [1.54, 1.807) is 19.2 Å². The Morgan fingerprint density at radius 2 is 2.32 bits per heavy atom. The molecule has 2 atom stereocenters. The number of nitrogens with zero attached hydrogens (tertiary/aromatic N) is 3. The van der Waals surface area contributed by atoms with Crippen LogP contribution >= 0.6 is 0 Å². The Bertz CT molecular complexity index is 723. The molecule has 0 saturated carbocycles. The van der Waals surface area contributed by atoms with E-state index in [2.05, 4.69) is 10.4 Å². The van der Waals surface area contributed by atoms with Crippen molar-refractivity contribution in [1.29, 1.82) is 5.26 Å². The van der Waals surface area contributed by atoms with Gasteiger partial charge in [-0.15, -0.1) is 0 Å². The maximum atomic E-state index is 13.4. The number of fused-ring (bicyclic) bond motifs is 1. The normalized spacial score (nSPS) is 20.1. The van der Waals surface area contributed by atoms with Gasteiger partial charge in [0.05, 0.1) is 19.3 Å². The summed E-state index contributed by atoms with van der Waals surface area (Å²) in [4.78, 5) is 0. The Kier molecular flexibility index (Phi) is 3.67. The summed E-state index contributed by atoms with van der Waals surface area (Å²) in [5.74, 6) is 0.999. The maximum Gasteiger partial charge on any atom is 0.260 e. The quantitative estimate of drug-likeness (QED) is 0.946. The lowest BCUT2D eigenvalue weighted by molar-refractivity contribution is 0.0658. The Hall–Kier alpha value is -2.62. The number of hydrogen-bond acceptors (Lipinski definition) is 4. The van der Waals surface area contributed by atoms with E-state index in [0.717, 1.165) is 5.56 Å². The van der Waals surface area contributed by atoms with E-state index in [1.165, 1.54) is 10.9 Å². The SMILES string of the molecule is COc1cccc(C2CC(C(F)F)n3ncc(C#N)c3N2)c1. The molecule has 3 rings (SSSR count). The molecule has 0 bridgehead atoms. The highest BCUT2D eigenvalue weighted by atomic mass is 19.3. The van der Waals surface area contributed by atoms with Crippen molar-refractivity contribution in [1.82, 2.24) is 9.78 Å². The van der Waals surface area contributed by atoms with Gasteiger partial charge in [0.2, 0.25) is 0 Å². The summed E-state index contributed by atoms with van der Waals surface area (Å²) >= 11 is 0. The molecule has 5 nitrogen and oxygen atoms in total. The van der Waals surface area contributed by atoms with Gasteiger partial charge in [-0.2, -0.15) is 10.4 Å². The molecule has 0 amide bonds. The van der Waals surface area contributed by atoms with Crippen LogP contribution in [0.25, 0.3) is 0 Å². The minimum Gasteiger partial charge on any atom is -0.497 e. The molecule has 114 valence electrons. The second-order valence-electron chi connectivity index (χ2n) is 5.07. The molecular weight excluding hydrogens is 290 g/mol. The molecule has 2 unspecified atom stereocenters. The van der Waals surface area contributed by atoms with Crippen LogP contribution in [0.3, 0.4) is 0 Å². The zero-order valence-electron chi connectivity index (χ0n) is 11.8. The third-order valence-corrected chi connectivity index (χ3v) is 3.81. The fraction of sp³-hybridized carbons (Fsp3) is 0.333. The summed E-state index contributed by atoms with van der Waals surface area (Å²) in [5, 5.41) is 16.2.